The fourth-order valence-electron chi connectivity index (χ4n) is 1.42. The lowest BCUT2D eigenvalue weighted by Crippen LogP contribution is -1.74. The Morgan fingerprint density at radius 3 is 3.07 bits per heavy atom. The van der Waals surface area contributed by atoms with Gasteiger partial charge < -0.3 is 4.98 Å². The first-order valence-corrected chi connectivity index (χ1v) is 3.97. The van der Waals surface area contributed by atoms with Gasteiger partial charge in [-0.3, -0.25) is 4.79 Å². The SMILES string of the molecule is [N-]=[N+]=Nc1cccc2[nH]cc(C=O)c12. The number of carbonyl (C=O) groups is 1. The van der Waals surface area contributed by atoms with Crippen LogP contribution in [-0.4, -0.2) is 11.3 Å². The summed E-state index contributed by atoms with van der Waals surface area (Å²) in [7, 11) is 0. The third-order valence-corrected chi connectivity index (χ3v) is 1.99. The van der Waals surface area contributed by atoms with Crippen molar-refractivity contribution in [1.29, 1.82) is 0 Å². The zero-order chi connectivity index (χ0) is 9.97. The fourth-order valence-corrected chi connectivity index (χ4v) is 1.42. The lowest BCUT2D eigenvalue weighted by Gasteiger charge is -1.94. The smallest absolute Gasteiger partial charge is 0.152 e. The number of aromatic amines is 1. The fraction of sp³-hybridized carbons (Fsp3) is 0. The third-order valence-electron chi connectivity index (χ3n) is 1.99. The Morgan fingerprint density at radius 1 is 1.50 bits per heavy atom. The van der Waals surface area contributed by atoms with Crippen molar-refractivity contribution in [2.24, 2.45) is 5.11 Å². The van der Waals surface area contributed by atoms with E-state index >= 15 is 0 Å². The van der Waals surface area contributed by atoms with Gasteiger partial charge in [0.15, 0.2) is 6.29 Å². The van der Waals surface area contributed by atoms with E-state index < -0.39 is 0 Å². The van der Waals surface area contributed by atoms with Crippen LogP contribution < -0.4 is 0 Å². The van der Waals surface area contributed by atoms with E-state index in [1.807, 2.05) is 6.07 Å². The predicted molar refractivity (Wildman–Crippen MR) is 52.5 cm³/mol. The molecule has 5 nitrogen and oxygen atoms in total. The monoisotopic (exact) mass is 186 g/mol. The highest BCUT2D eigenvalue weighted by molar-refractivity contribution is 6.03. The maximum Gasteiger partial charge on any atom is 0.152 e. The van der Waals surface area contributed by atoms with Crippen molar-refractivity contribution in [1.82, 2.24) is 4.98 Å². The van der Waals surface area contributed by atoms with Crippen molar-refractivity contribution < 1.29 is 4.79 Å². The zero-order valence-corrected chi connectivity index (χ0v) is 7.14. The van der Waals surface area contributed by atoms with Crippen LogP contribution in [0.1, 0.15) is 10.4 Å². The maximum absolute atomic E-state index is 10.7. The zero-order valence-electron chi connectivity index (χ0n) is 7.14. The van der Waals surface area contributed by atoms with Gasteiger partial charge in [0, 0.05) is 33.3 Å². The van der Waals surface area contributed by atoms with Crippen LogP contribution in [0.3, 0.4) is 0 Å². The Morgan fingerprint density at radius 2 is 2.36 bits per heavy atom. The second kappa shape index (κ2) is 3.24. The van der Waals surface area contributed by atoms with Gasteiger partial charge in [0.1, 0.15) is 0 Å². The molecule has 0 radical (unpaired) electrons. The lowest BCUT2D eigenvalue weighted by atomic mass is 10.1. The molecule has 0 fully saturated rings. The summed E-state index contributed by atoms with van der Waals surface area (Å²) in [6.45, 7) is 0. The summed E-state index contributed by atoms with van der Waals surface area (Å²) in [5.41, 5.74) is 10.1. The molecule has 0 amide bonds. The van der Waals surface area contributed by atoms with E-state index in [1.54, 1.807) is 18.3 Å². The molecular weight excluding hydrogens is 180 g/mol. The van der Waals surface area contributed by atoms with Gasteiger partial charge in [-0.2, -0.15) is 0 Å². The second-order valence-corrected chi connectivity index (χ2v) is 2.75. The molecule has 0 aliphatic rings. The molecule has 0 unspecified atom stereocenters. The maximum atomic E-state index is 10.7. The molecule has 0 saturated heterocycles. The van der Waals surface area contributed by atoms with Crippen molar-refractivity contribution in [2.75, 3.05) is 0 Å². The average molecular weight is 186 g/mol. The first-order chi connectivity index (χ1) is 6.86. The number of hydrogen-bond donors (Lipinski definition) is 1. The van der Waals surface area contributed by atoms with Gasteiger partial charge in [0.25, 0.3) is 0 Å². The minimum absolute atomic E-state index is 0.466. The van der Waals surface area contributed by atoms with Crippen molar-refractivity contribution in [3.8, 4) is 0 Å². The highest BCUT2D eigenvalue weighted by Gasteiger charge is 2.05. The normalized spacial score (nSPS) is 9.71. The molecule has 68 valence electrons. The van der Waals surface area contributed by atoms with E-state index in [0.717, 1.165) is 11.8 Å². The summed E-state index contributed by atoms with van der Waals surface area (Å²) in [6.07, 6.45) is 2.32. The Bertz CT molecular complexity index is 537. The Labute approximate surface area is 79.0 Å². The van der Waals surface area contributed by atoms with Gasteiger partial charge in [0.05, 0.1) is 0 Å². The standard InChI is InChI=1S/C9H6N4O/c10-13-12-8-3-1-2-7-9(8)6(5-14)4-11-7/h1-5,11H. The largest absolute Gasteiger partial charge is 0.360 e. The van der Waals surface area contributed by atoms with Crippen molar-refractivity contribution in [3.05, 3.63) is 40.4 Å². The first kappa shape index (κ1) is 8.34. The van der Waals surface area contributed by atoms with Crippen molar-refractivity contribution >= 4 is 22.9 Å². The predicted octanol–water partition coefficient (Wildman–Crippen LogP) is 2.92. The number of hydrogen-bond acceptors (Lipinski definition) is 2. The summed E-state index contributed by atoms with van der Waals surface area (Å²) < 4.78 is 0. The summed E-state index contributed by atoms with van der Waals surface area (Å²) >= 11 is 0. The van der Waals surface area contributed by atoms with Gasteiger partial charge in [0.2, 0.25) is 0 Å². The highest BCUT2D eigenvalue weighted by Crippen LogP contribution is 2.27. The molecule has 0 saturated carbocycles. The second-order valence-electron chi connectivity index (χ2n) is 2.75. The van der Waals surface area contributed by atoms with Crippen molar-refractivity contribution in [3.63, 3.8) is 0 Å². The number of fused-ring (bicyclic) bond motifs is 1. The molecule has 1 N–H and O–H groups in total. The molecule has 5 heteroatoms. The van der Waals surface area contributed by atoms with Crippen LogP contribution >= 0.6 is 0 Å². The summed E-state index contributed by atoms with van der Waals surface area (Å²) in [5, 5.41) is 4.18. The molecule has 0 bridgehead atoms. The van der Waals surface area contributed by atoms with E-state index in [1.165, 1.54) is 0 Å². The molecule has 0 aliphatic heterocycles. The molecule has 14 heavy (non-hydrogen) atoms. The van der Waals surface area contributed by atoms with Gasteiger partial charge in [-0.1, -0.05) is 17.2 Å². The van der Waals surface area contributed by atoms with Crippen LogP contribution in [0.4, 0.5) is 5.69 Å². The average Bonchev–Trinajstić information content (AvgIpc) is 2.62. The molecule has 0 aliphatic carbocycles. The molecule has 1 aromatic carbocycles. The molecule has 2 rings (SSSR count). The topological polar surface area (TPSA) is 81.6 Å². The van der Waals surface area contributed by atoms with E-state index in [0.29, 0.717) is 16.6 Å². The molecule has 0 spiro atoms. The van der Waals surface area contributed by atoms with E-state index in [-0.39, 0.29) is 0 Å². The number of nitrogens with one attached hydrogen (secondary N) is 1. The van der Waals surface area contributed by atoms with E-state index in [4.69, 9.17) is 5.53 Å². The number of nitrogens with zero attached hydrogens (tertiary/aromatic N) is 3. The van der Waals surface area contributed by atoms with Crippen molar-refractivity contribution in [2.45, 2.75) is 0 Å². The molecule has 1 heterocycles. The van der Waals surface area contributed by atoms with Gasteiger partial charge in [-0.15, -0.1) is 0 Å². The number of aromatic nitrogens is 1. The van der Waals surface area contributed by atoms with Crippen LogP contribution in [0.2, 0.25) is 0 Å². The lowest BCUT2D eigenvalue weighted by molar-refractivity contribution is 0.112. The third kappa shape index (κ3) is 1.12. The highest BCUT2D eigenvalue weighted by atomic mass is 16.1. The number of benzene rings is 1. The van der Waals surface area contributed by atoms with Gasteiger partial charge >= 0.3 is 0 Å². The molecule has 1 aromatic heterocycles. The molecular formula is C9H6N4O. The van der Waals surface area contributed by atoms with Gasteiger partial charge in [-0.25, -0.2) is 0 Å². The molecule has 2 aromatic rings. The first-order valence-electron chi connectivity index (χ1n) is 3.97. The van der Waals surface area contributed by atoms with Gasteiger partial charge in [-0.05, 0) is 11.6 Å². The van der Waals surface area contributed by atoms with Crippen LogP contribution in [0.5, 0.6) is 0 Å². The summed E-state index contributed by atoms with van der Waals surface area (Å²) in [6, 6.07) is 5.25. The van der Waals surface area contributed by atoms with Crippen LogP contribution in [0.25, 0.3) is 21.3 Å². The summed E-state index contributed by atoms with van der Waals surface area (Å²) in [4.78, 5) is 16.3. The van der Waals surface area contributed by atoms with E-state index in [2.05, 4.69) is 15.0 Å². The minimum Gasteiger partial charge on any atom is -0.360 e. The number of carbonyl (C=O) groups excluding carboxylic acids is 1. The molecule has 0 atom stereocenters. The number of aldehydes is 1. The minimum atomic E-state index is 0.466. The quantitative estimate of drug-likeness (QED) is 0.332. The number of rotatable bonds is 2. The Balaban J connectivity index is 2.87. The van der Waals surface area contributed by atoms with Crippen LogP contribution in [0, 0.1) is 0 Å². The Kier molecular flexibility index (Phi) is 1.93. The summed E-state index contributed by atoms with van der Waals surface area (Å²) in [5.74, 6) is 0. The Hall–Kier alpha value is -2.26. The van der Waals surface area contributed by atoms with E-state index in [9.17, 15) is 4.79 Å². The van der Waals surface area contributed by atoms with Crippen LogP contribution in [0.15, 0.2) is 29.5 Å². The number of azide groups is 1. The van der Waals surface area contributed by atoms with Crippen LogP contribution in [-0.2, 0) is 0 Å². The number of H-pyrrole nitrogens is 1.